The molecule has 1 atom stereocenters. The van der Waals surface area contributed by atoms with Crippen molar-refractivity contribution in [2.45, 2.75) is 25.3 Å². The summed E-state index contributed by atoms with van der Waals surface area (Å²) in [6.45, 7) is 6.06. The van der Waals surface area contributed by atoms with Gasteiger partial charge in [-0.15, -0.1) is 0 Å². The zero-order valence-corrected chi connectivity index (χ0v) is 9.93. The summed E-state index contributed by atoms with van der Waals surface area (Å²) < 4.78 is 5.47. The van der Waals surface area contributed by atoms with Crippen LogP contribution in [0.2, 0.25) is 0 Å². The summed E-state index contributed by atoms with van der Waals surface area (Å²) in [5.74, 6) is 2.26. The third kappa shape index (κ3) is 2.77. The highest BCUT2D eigenvalue weighted by molar-refractivity contribution is 7.99. The molecule has 0 amide bonds. The Morgan fingerprint density at radius 1 is 1.67 bits per heavy atom. The Morgan fingerprint density at radius 2 is 2.53 bits per heavy atom. The average Bonchev–Trinajstić information content (AvgIpc) is 2.65. The first-order chi connectivity index (χ1) is 7.29. The van der Waals surface area contributed by atoms with E-state index in [9.17, 15) is 0 Å². The summed E-state index contributed by atoms with van der Waals surface area (Å²) in [4.78, 5) is 2.44. The number of hydrogen-bond acceptors (Lipinski definition) is 4. The quantitative estimate of drug-likeness (QED) is 0.851. The topological polar surface area (TPSA) is 42.4 Å². The predicted octanol–water partition coefficient (Wildman–Crippen LogP) is 1.68. The average molecular weight is 226 g/mol. The van der Waals surface area contributed by atoms with Gasteiger partial charge in [0.1, 0.15) is 5.76 Å². The maximum atomic E-state index is 5.64. The molecule has 0 aromatic carbocycles. The van der Waals surface area contributed by atoms with Crippen LogP contribution >= 0.6 is 11.8 Å². The van der Waals surface area contributed by atoms with Crippen LogP contribution in [-0.2, 0) is 13.1 Å². The molecule has 1 fully saturated rings. The Labute approximate surface area is 95.0 Å². The molecular formula is C11H18N2OS. The molecule has 4 heteroatoms. The van der Waals surface area contributed by atoms with Gasteiger partial charge in [0.2, 0.25) is 0 Å². The molecule has 1 unspecified atom stereocenters. The van der Waals surface area contributed by atoms with Crippen molar-refractivity contribution in [3.05, 3.63) is 23.7 Å². The van der Waals surface area contributed by atoms with E-state index < -0.39 is 0 Å². The van der Waals surface area contributed by atoms with Gasteiger partial charge in [0, 0.05) is 36.2 Å². The van der Waals surface area contributed by atoms with E-state index in [2.05, 4.69) is 11.8 Å². The minimum absolute atomic E-state index is 0.573. The monoisotopic (exact) mass is 226 g/mol. The lowest BCUT2D eigenvalue weighted by Crippen LogP contribution is -2.36. The van der Waals surface area contributed by atoms with Crippen LogP contribution in [0.3, 0.4) is 0 Å². The highest BCUT2D eigenvalue weighted by Gasteiger charge is 2.18. The van der Waals surface area contributed by atoms with Crippen LogP contribution in [0.5, 0.6) is 0 Å². The van der Waals surface area contributed by atoms with Gasteiger partial charge in [-0.3, -0.25) is 4.90 Å². The lowest BCUT2D eigenvalue weighted by Gasteiger charge is -2.29. The summed E-state index contributed by atoms with van der Waals surface area (Å²) in [5.41, 5.74) is 6.78. The second-order valence-electron chi connectivity index (χ2n) is 3.99. The Balaban J connectivity index is 1.96. The molecule has 0 radical (unpaired) electrons. The lowest BCUT2D eigenvalue weighted by molar-refractivity contribution is 0.253. The van der Waals surface area contributed by atoms with Crippen LogP contribution < -0.4 is 5.73 Å². The summed E-state index contributed by atoms with van der Waals surface area (Å²) in [6.07, 6.45) is 1.74. The molecule has 0 spiro atoms. The molecule has 2 N–H and O–H groups in total. The number of hydrogen-bond donors (Lipinski definition) is 1. The molecule has 1 saturated heterocycles. The first-order valence-corrected chi connectivity index (χ1v) is 6.43. The number of nitrogens with two attached hydrogens (primary N) is 1. The molecule has 3 nitrogen and oxygen atoms in total. The van der Waals surface area contributed by atoms with Gasteiger partial charge < -0.3 is 10.2 Å². The van der Waals surface area contributed by atoms with Crippen molar-refractivity contribution >= 4 is 11.8 Å². The Bertz CT molecular complexity index is 313. The molecule has 0 bridgehead atoms. The van der Waals surface area contributed by atoms with E-state index in [4.69, 9.17) is 10.2 Å². The van der Waals surface area contributed by atoms with Crippen molar-refractivity contribution in [3.8, 4) is 0 Å². The second-order valence-corrected chi connectivity index (χ2v) is 5.54. The molecule has 1 aliphatic rings. The van der Waals surface area contributed by atoms with Crippen LogP contribution in [0.25, 0.3) is 0 Å². The van der Waals surface area contributed by atoms with Crippen molar-refractivity contribution < 1.29 is 4.42 Å². The molecule has 15 heavy (non-hydrogen) atoms. The molecule has 1 aromatic heterocycles. The fourth-order valence-corrected chi connectivity index (χ4v) is 3.01. The molecule has 0 aliphatic carbocycles. The van der Waals surface area contributed by atoms with E-state index >= 15 is 0 Å². The summed E-state index contributed by atoms with van der Waals surface area (Å²) >= 11 is 2.05. The lowest BCUT2D eigenvalue weighted by atomic mass is 10.2. The first-order valence-electron chi connectivity index (χ1n) is 5.39. The molecule has 1 aromatic rings. The number of thioether (sulfide) groups is 1. The number of furan rings is 1. The van der Waals surface area contributed by atoms with Gasteiger partial charge in [-0.2, -0.15) is 11.8 Å². The highest BCUT2D eigenvalue weighted by atomic mass is 32.2. The molecular weight excluding hydrogens is 208 g/mol. The van der Waals surface area contributed by atoms with Gasteiger partial charge in [0.15, 0.2) is 0 Å². The van der Waals surface area contributed by atoms with Crippen molar-refractivity contribution in [2.24, 2.45) is 5.73 Å². The standard InChI is InChI=1S/C11H18N2OS/c1-9-7-13(3-5-15-9)8-11-10(6-12)2-4-14-11/h2,4,9H,3,5-8,12H2,1H3. The predicted molar refractivity (Wildman–Crippen MR) is 63.8 cm³/mol. The van der Waals surface area contributed by atoms with Crippen LogP contribution in [0, 0.1) is 0 Å². The van der Waals surface area contributed by atoms with Gasteiger partial charge in [-0.05, 0) is 6.07 Å². The van der Waals surface area contributed by atoms with E-state index in [-0.39, 0.29) is 0 Å². The van der Waals surface area contributed by atoms with E-state index in [1.807, 2.05) is 17.8 Å². The van der Waals surface area contributed by atoms with E-state index in [1.165, 1.54) is 5.75 Å². The third-order valence-corrected chi connectivity index (χ3v) is 3.89. The molecule has 2 heterocycles. The van der Waals surface area contributed by atoms with E-state index in [0.29, 0.717) is 6.54 Å². The minimum atomic E-state index is 0.573. The minimum Gasteiger partial charge on any atom is -0.468 e. The third-order valence-electron chi connectivity index (χ3n) is 2.75. The van der Waals surface area contributed by atoms with E-state index in [1.54, 1.807) is 6.26 Å². The maximum Gasteiger partial charge on any atom is 0.122 e. The highest BCUT2D eigenvalue weighted by Crippen LogP contribution is 2.20. The van der Waals surface area contributed by atoms with Gasteiger partial charge in [-0.25, -0.2) is 0 Å². The zero-order chi connectivity index (χ0) is 10.7. The van der Waals surface area contributed by atoms with Gasteiger partial charge in [-0.1, -0.05) is 6.92 Å². The van der Waals surface area contributed by atoms with Crippen molar-refractivity contribution in [1.29, 1.82) is 0 Å². The Morgan fingerprint density at radius 3 is 3.27 bits per heavy atom. The smallest absolute Gasteiger partial charge is 0.122 e. The van der Waals surface area contributed by atoms with Crippen molar-refractivity contribution in [2.75, 3.05) is 18.8 Å². The van der Waals surface area contributed by atoms with Crippen molar-refractivity contribution in [1.82, 2.24) is 4.90 Å². The zero-order valence-electron chi connectivity index (χ0n) is 9.11. The second kappa shape index (κ2) is 5.05. The van der Waals surface area contributed by atoms with Crippen molar-refractivity contribution in [3.63, 3.8) is 0 Å². The largest absolute Gasteiger partial charge is 0.468 e. The number of nitrogens with zero attached hydrogens (tertiary/aromatic N) is 1. The fourth-order valence-electron chi connectivity index (χ4n) is 1.92. The summed E-state index contributed by atoms with van der Waals surface area (Å²) in [5, 5.41) is 0.732. The van der Waals surface area contributed by atoms with Crippen LogP contribution in [0.15, 0.2) is 16.7 Å². The molecule has 2 rings (SSSR count). The molecule has 84 valence electrons. The number of rotatable bonds is 3. The van der Waals surface area contributed by atoms with E-state index in [0.717, 1.165) is 36.2 Å². The van der Waals surface area contributed by atoms with Crippen LogP contribution in [0.1, 0.15) is 18.2 Å². The summed E-state index contributed by atoms with van der Waals surface area (Å²) in [6, 6.07) is 1.97. The molecule has 1 aliphatic heterocycles. The fraction of sp³-hybridized carbons (Fsp3) is 0.636. The maximum absolute atomic E-state index is 5.64. The molecule has 0 saturated carbocycles. The Kier molecular flexibility index (Phi) is 3.72. The van der Waals surface area contributed by atoms with Crippen LogP contribution in [0.4, 0.5) is 0 Å². The normalized spacial score (nSPS) is 23.2. The SMILES string of the molecule is CC1CN(Cc2occc2CN)CCS1. The first kappa shape index (κ1) is 11.0. The van der Waals surface area contributed by atoms with Gasteiger partial charge in [0.05, 0.1) is 12.8 Å². The van der Waals surface area contributed by atoms with Gasteiger partial charge >= 0.3 is 0 Å². The Hall–Kier alpha value is -0.450. The van der Waals surface area contributed by atoms with Gasteiger partial charge in [0.25, 0.3) is 0 Å². The summed E-state index contributed by atoms with van der Waals surface area (Å²) in [7, 11) is 0. The van der Waals surface area contributed by atoms with Crippen LogP contribution in [-0.4, -0.2) is 29.0 Å².